The third-order valence-corrected chi connectivity index (χ3v) is 4.31. The summed E-state index contributed by atoms with van der Waals surface area (Å²) in [6.07, 6.45) is 0. The van der Waals surface area contributed by atoms with Gasteiger partial charge in [0.1, 0.15) is 5.01 Å². The average molecular weight is 272 g/mol. The van der Waals surface area contributed by atoms with Crippen molar-refractivity contribution in [3.05, 3.63) is 52.0 Å². The normalized spacial score (nSPS) is 10.7. The molecule has 0 bridgehead atoms. The second-order valence-electron chi connectivity index (χ2n) is 3.95. The molecule has 3 aromatic rings. The quantitative estimate of drug-likeness (QED) is 0.782. The zero-order valence-electron chi connectivity index (χ0n) is 9.67. The molecule has 3 rings (SSSR count). The Morgan fingerprint density at radius 2 is 2.06 bits per heavy atom. The van der Waals surface area contributed by atoms with E-state index in [0.717, 1.165) is 21.8 Å². The zero-order valence-corrected chi connectivity index (χ0v) is 11.3. The first kappa shape index (κ1) is 11.6. The van der Waals surface area contributed by atoms with Gasteiger partial charge >= 0.3 is 0 Å². The molecule has 2 N–H and O–H groups in total. The second kappa shape index (κ2) is 5.02. The Kier molecular flexibility index (Phi) is 3.23. The minimum Gasteiger partial charge on any atom is -0.326 e. The lowest BCUT2D eigenvalue weighted by atomic mass is 10.1. The summed E-state index contributed by atoms with van der Waals surface area (Å²) in [5.74, 6) is 0. The standard InChI is InChI=1S/C14H12N2S2/c15-7-10-2-1-3-11(6-10)13-9-18-14(16-13)12-4-5-17-8-12/h1-6,8-9H,7,15H2. The van der Waals surface area contributed by atoms with Crippen LogP contribution in [0.4, 0.5) is 0 Å². The maximum Gasteiger partial charge on any atom is 0.124 e. The fraction of sp³-hybridized carbons (Fsp3) is 0.0714. The summed E-state index contributed by atoms with van der Waals surface area (Å²) in [4.78, 5) is 4.68. The molecule has 0 fully saturated rings. The molecule has 1 aromatic carbocycles. The van der Waals surface area contributed by atoms with Gasteiger partial charge in [-0.15, -0.1) is 11.3 Å². The van der Waals surface area contributed by atoms with Crippen molar-refractivity contribution in [2.24, 2.45) is 5.73 Å². The lowest BCUT2D eigenvalue weighted by Gasteiger charge is -2.00. The van der Waals surface area contributed by atoms with Gasteiger partial charge in [0.15, 0.2) is 0 Å². The molecule has 4 heteroatoms. The minimum atomic E-state index is 0.565. The van der Waals surface area contributed by atoms with E-state index in [9.17, 15) is 0 Å². The molecular formula is C14H12N2S2. The Morgan fingerprint density at radius 3 is 2.83 bits per heavy atom. The van der Waals surface area contributed by atoms with Crippen molar-refractivity contribution in [3.63, 3.8) is 0 Å². The number of rotatable bonds is 3. The lowest BCUT2D eigenvalue weighted by molar-refractivity contribution is 1.07. The number of nitrogens with two attached hydrogens (primary N) is 1. The Bertz CT molecular complexity index is 641. The van der Waals surface area contributed by atoms with Gasteiger partial charge in [0, 0.05) is 28.4 Å². The maximum atomic E-state index is 5.66. The second-order valence-corrected chi connectivity index (χ2v) is 5.59. The van der Waals surface area contributed by atoms with E-state index in [1.807, 2.05) is 12.1 Å². The van der Waals surface area contributed by atoms with Crippen LogP contribution in [0.15, 0.2) is 46.5 Å². The van der Waals surface area contributed by atoms with Gasteiger partial charge < -0.3 is 5.73 Å². The van der Waals surface area contributed by atoms with Crippen LogP contribution < -0.4 is 5.73 Å². The van der Waals surface area contributed by atoms with Crippen LogP contribution in [0, 0.1) is 0 Å². The molecule has 2 nitrogen and oxygen atoms in total. The molecule has 90 valence electrons. The molecule has 0 aliphatic heterocycles. The van der Waals surface area contributed by atoms with Crippen LogP contribution in [0.5, 0.6) is 0 Å². The fourth-order valence-corrected chi connectivity index (χ4v) is 3.32. The van der Waals surface area contributed by atoms with Crippen LogP contribution in [0.3, 0.4) is 0 Å². The van der Waals surface area contributed by atoms with Crippen LogP contribution >= 0.6 is 22.7 Å². The van der Waals surface area contributed by atoms with E-state index in [0.29, 0.717) is 6.54 Å². The van der Waals surface area contributed by atoms with Crippen molar-refractivity contribution in [1.29, 1.82) is 0 Å². The van der Waals surface area contributed by atoms with Crippen LogP contribution in [-0.4, -0.2) is 4.98 Å². The van der Waals surface area contributed by atoms with E-state index in [1.165, 1.54) is 5.56 Å². The molecule has 0 aliphatic rings. The molecular weight excluding hydrogens is 260 g/mol. The number of hydrogen-bond acceptors (Lipinski definition) is 4. The van der Waals surface area contributed by atoms with Crippen molar-refractivity contribution in [2.45, 2.75) is 6.54 Å². The predicted molar refractivity (Wildman–Crippen MR) is 78.8 cm³/mol. The van der Waals surface area contributed by atoms with E-state index >= 15 is 0 Å². The monoisotopic (exact) mass is 272 g/mol. The number of aromatic nitrogens is 1. The van der Waals surface area contributed by atoms with E-state index in [4.69, 9.17) is 5.73 Å². The fourth-order valence-electron chi connectivity index (χ4n) is 1.78. The molecule has 18 heavy (non-hydrogen) atoms. The minimum absolute atomic E-state index is 0.565. The van der Waals surface area contributed by atoms with E-state index in [2.05, 4.69) is 39.3 Å². The van der Waals surface area contributed by atoms with Crippen molar-refractivity contribution < 1.29 is 0 Å². The summed E-state index contributed by atoms with van der Waals surface area (Å²) in [7, 11) is 0. The summed E-state index contributed by atoms with van der Waals surface area (Å²) in [5, 5.41) is 7.37. The van der Waals surface area contributed by atoms with Crippen LogP contribution in [0.1, 0.15) is 5.56 Å². The highest BCUT2D eigenvalue weighted by atomic mass is 32.1. The highest BCUT2D eigenvalue weighted by Gasteiger charge is 2.07. The van der Waals surface area contributed by atoms with E-state index in [1.54, 1.807) is 22.7 Å². The number of benzene rings is 1. The summed E-state index contributed by atoms with van der Waals surface area (Å²) >= 11 is 3.38. The Labute approximate surface area is 114 Å². The topological polar surface area (TPSA) is 38.9 Å². The highest BCUT2D eigenvalue weighted by molar-refractivity contribution is 7.14. The van der Waals surface area contributed by atoms with Crippen molar-refractivity contribution in [3.8, 4) is 21.8 Å². The molecule has 0 spiro atoms. The molecule has 0 amide bonds. The van der Waals surface area contributed by atoms with Gasteiger partial charge in [0.05, 0.1) is 5.69 Å². The first-order valence-electron chi connectivity index (χ1n) is 5.64. The summed E-state index contributed by atoms with van der Waals surface area (Å²) in [6, 6.07) is 10.3. The number of thiophene rings is 1. The molecule has 0 saturated carbocycles. The number of nitrogens with zero attached hydrogens (tertiary/aromatic N) is 1. The smallest absolute Gasteiger partial charge is 0.124 e. The summed E-state index contributed by atoms with van der Waals surface area (Å²) < 4.78 is 0. The molecule has 0 atom stereocenters. The lowest BCUT2D eigenvalue weighted by Crippen LogP contribution is -1.95. The van der Waals surface area contributed by atoms with Gasteiger partial charge in [-0.2, -0.15) is 11.3 Å². The molecule has 2 heterocycles. The zero-order chi connectivity index (χ0) is 12.4. The van der Waals surface area contributed by atoms with Gasteiger partial charge in [0.25, 0.3) is 0 Å². The van der Waals surface area contributed by atoms with E-state index < -0.39 is 0 Å². The first-order chi connectivity index (χ1) is 8.86. The van der Waals surface area contributed by atoms with Gasteiger partial charge in [0.2, 0.25) is 0 Å². The molecule has 2 aromatic heterocycles. The van der Waals surface area contributed by atoms with Crippen molar-refractivity contribution in [2.75, 3.05) is 0 Å². The third-order valence-electron chi connectivity index (χ3n) is 2.73. The SMILES string of the molecule is NCc1cccc(-c2csc(-c3ccsc3)n2)c1. The Morgan fingerprint density at radius 1 is 1.11 bits per heavy atom. The largest absolute Gasteiger partial charge is 0.326 e. The van der Waals surface area contributed by atoms with Gasteiger partial charge in [-0.1, -0.05) is 18.2 Å². The number of hydrogen-bond donors (Lipinski definition) is 1. The van der Waals surface area contributed by atoms with E-state index in [-0.39, 0.29) is 0 Å². The Hall–Kier alpha value is -1.49. The average Bonchev–Trinajstić information content (AvgIpc) is 3.09. The maximum absolute atomic E-state index is 5.66. The van der Waals surface area contributed by atoms with Crippen molar-refractivity contribution in [1.82, 2.24) is 4.98 Å². The predicted octanol–water partition coefficient (Wildman–Crippen LogP) is 4.00. The van der Waals surface area contributed by atoms with Crippen LogP contribution in [0.25, 0.3) is 21.8 Å². The Balaban J connectivity index is 1.97. The van der Waals surface area contributed by atoms with Crippen molar-refractivity contribution >= 4 is 22.7 Å². The van der Waals surface area contributed by atoms with Crippen LogP contribution in [-0.2, 0) is 6.54 Å². The first-order valence-corrected chi connectivity index (χ1v) is 7.46. The highest BCUT2D eigenvalue weighted by Crippen LogP contribution is 2.30. The summed E-state index contributed by atoms with van der Waals surface area (Å²) in [6.45, 7) is 0.565. The van der Waals surface area contributed by atoms with Gasteiger partial charge in [-0.25, -0.2) is 4.98 Å². The molecule has 0 radical (unpaired) electrons. The van der Waals surface area contributed by atoms with Gasteiger partial charge in [-0.3, -0.25) is 0 Å². The molecule has 0 aliphatic carbocycles. The molecule has 0 saturated heterocycles. The third kappa shape index (κ3) is 2.22. The summed E-state index contributed by atoms with van der Waals surface area (Å²) in [5.41, 5.74) is 10.2. The number of thiazole rings is 1. The van der Waals surface area contributed by atoms with Gasteiger partial charge in [-0.05, 0) is 23.1 Å². The van der Waals surface area contributed by atoms with Crippen LogP contribution in [0.2, 0.25) is 0 Å². The molecule has 0 unspecified atom stereocenters.